The summed E-state index contributed by atoms with van der Waals surface area (Å²) in [6.07, 6.45) is 8.89. The number of benzene rings is 1. The summed E-state index contributed by atoms with van der Waals surface area (Å²) in [7, 11) is 0. The molecular formula is C12H14OS. The third kappa shape index (κ3) is 3.76. The van der Waals surface area contributed by atoms with Crippen LogP contribution in [0.25, 0.3) is 0 Å². The van der Waals surface area contributed by atoms with Gasteiger partial charge in [0.15, 0.2) is 0 Å². The van der Waals surface area contributed by atoms with Crippen molar-refractivity contribution in [1.82, 2.24) is 0 Å². The van der Waals surface area contributed by atoms with Gasteiger partial charge in [0.05, 0.1) is 6.61 Å². The SMILES string of the molecule is C#CCCCOc1ccc(SC)cc1. The van der Waals surface area contributed by atoms with Gasteiger partial charge in [-0.3, -0.25) is 0 Å². The normalized spacial score (nSPS) is 9.43. The molecule has 0 heterocycles. The average molecular weight is 206 g/mol. The Morgan fingerprint density at radius 2 is 2.07 bits per heavy atom. The molecule has 0 bridgehead atoms. The van der Waals surface area contributed by atoms with Crippen LogP contribution in [0.5, 0.6) is 5.75 Å². The third-order valence-corrected chi connectivity index (χ3v) is 2.54. The Morgan fingerprint density at radius 3 is 2.64 bits per heavy atom. The van der Waals surface area contributed by atoms with Crippen molar-refractivity contribution < 1.29 is 4.74 Å². The lowest BCUT2D eigenvalue weighted by Gasteiger charge is -2.04. The van der Waals surface area contributed by atoms with Crippen molar-refractivity contribution in [2.75, 3.05) is 12.9 Å². The molecule has 1 aromatic carbocycles. The molecule has 0 unspecified atom stereocenters. The molecule has 0 saturated carbocycles. The minimum Gasteiger partial charge on any atom is -0.494 e. The molecule has 0 amide bonds. The van der Waals surface area contributed by atoms with Crippen molar-refractivity contribution in [1.29, 1.82) is 0 Å². The molecule has 0 aliphatic carbocycles. The second-order valence-corrected chi connectivity index (χ2v) is 3.71. The molecule has 1 rings (SSSR count). The summed E-state index contributed by atoms with van der Waals surface area (Å²) >= 11 is 1.73. The van der Waals surface area contributed by atoms with Crippen LogP contribution < -0.4 is 4.74 Å². The largest absolute Gasteiger partial charge is 0.494 e. The highest BCUT2D eigenvalue weighted by atomic mass is 32.2. The van der Waals surface area contributed by atoms with E-state index in [0.29, 0.717) is 6.61 Å². The van der Waals surface area contributed by atoms with E-state index in [1.807, 2.05) is 12.1 Å². The van der Waals surface area contributed by atoms with Crippen LogP contribution in [-0.2, 0) is 0 Å². The fourth-order valence-electron chi connectivity index (χ4n) is 1.04. The summed E-state index contributed by atoms with van der Waals surface area (Å²) in [5.41, 5.74) is 0. The van der Waals surface area contributed by atoms with Crippen molar-refractivity contribution in [2.24, 2.45) is 0 Å². The molecule has 0 radical (unpaired) electrons. The van der Waals surface area contributed by atoms with Gasteiger partial charge in [0.1, 0.15) is 5.75 Å². The second-order valence-electron chi connectivity index (χ2n) is 2.83. The lowest BCUT2D eigenvalue weighted by Crippen LogP contribution is -1.96. The molecule has 14 heavy (non-hydrogen) atoms. The molecule has 2 heteroatoms. The fourth-order valence-corrected chi connectivity index (χ4v) is 1.44. The van der Waals surface area contributed by atoms with Gasteiger partial charge in [-0.25, -0.2) is 0 Å². The number of unbranched alkanes of at least 4 members (excludes halogenated alkanes) is 1. The van der Waals surface area contributed by atoms with Gasteiger partial charge in [-0.15, -0.1) is 24.1 Å². The Balaban J connectivity index is 2.33. The van der Waals surface area contributed by atoms with Crippen LogP contribution in [0.15, 0.2) is 29.2 Å². The van der Waals surface area contributed by atoms with Gasteiger partial charge in [-0.2, -0.15) is 0 Å². The Kier molecular flexibility index (Phi) is 5.03. The van der Waals surface area contributed by atoms with Gasteiger partial charge in [-0.05, 0) is 36.9 Å². The van der Waals surface area contributed by atoms with Gasteiger partial charge in [0.25, 0.3) is 0 Å². The highest BCUT2D eigenvalue weighted by Crippen LogP contribution is 2.18. The zero-order chi connectivity index (χ0) is 10.2. The molecule has 0 saturated heterocycles. The molecule has 0 spiro atoms. The molecule has 1 nitrogen and oxygen atoms in total. The van der Waals surface area contributed by atoms with E-state index in [0.717, 1.165) is 18.6 Å². The molecule has 0 N–H and O–H groups in total. The molecule has 0 aromatic heterocycles. The van der Waals surface area contributed by atoms with Crippen LogP contribution in [0, 0.1) is 12.3 Å². The molecule has 0 fully saturated rings. The van der Waals surface area contributed by atoms with Gasteiger partial charge in [0, 0.05) is 11.3 Å². The molecular weight excluding hydrogens is 192 g/mol. The maximum Gasteiger partial charge on any atom is 0.119 e. The Hall–Kier alpha value is -1.07. The van der Waals surface area contributed by atoms with E-state index >= 15 is 0 Å². The number of ether oxygens (including phenoxy) is 1. The number of hydrogen-bond donors (Lipinski definition) is 0. The first-order chi connectivity index (χ1) is 6.86. The number of terminal acetylenes is 1. The van der Waals surface area contributed by atoms with E-state index in [1.165, 1.54) is 4.90 Å². The zero-order valence-electron chi connectivity index (χ0n) is 8.32. The zero-order valence-corrected chi connectivity index (χ0v) is 9.14. The van der Waals surface area contributed by atoms with Crippen LogP contribution in [0.2, 0.25) is 0 Å². The second kappa shape index (κ2) is 6.39. The Morgan fingerprint density at radius 1 is 1.36 bits per heavy atom. The van der Waals surface area contributed by atoms with E-state index in [4.69, 9.17) is 11.2 Å². The van der Waals surface area contributed by atoms with Crippen molar-refractivity contribution in [3.05, 3.63) is 24.3 Å². The molecule has 0 aliphatic rings. The predicted octanol–water partition coefficient (Wildman–Crippen LogP) is 3.20. The van der Waals surface area contributed by atoms with Crippen LogP contribution in [0.3, 0.4) is 0 Å². The summed E-state index contributed by atoms with van der Waals surface area (Å²) < 4.78 is 5.50. The standard InChI is InChI=1S/C12H14OS/c1-3-4-5-10-13-11-6-8-12(14-2)9-7-11/h1,6-9H,4-5,10H2,2H3. The number of thioether (sulfide) groups is 1. The summed E-state index contributed by atoms with van der Waals surface area (Å²) in [5, 5.41) is 0. The maximum absolute atomic E-state index is 5.50. The quantitative estimate of drug-likeness (QED) is 0.415. The highest BCUT2D eigenvalue weighted by Gasteiger charge is 1.93. The van der Waals surface area contributed by atoms with Crippen LogP contribution >= 0.6 is 11.8 Å². The summed E-state index contributed by atoms with van der Waals surface area (Å²) in [6.45, 7) is 0.697. The van der Waals surface area contributed by atoms with Crippen LogP contribution in [0.1, 0.15) is 12.8 Å². The van der Waals surface area contributed by atoms with Gasteiger partial charge < -0.3 is 4.74 Å². The third-order valence-electron chi connectivity index (χ3n) is 1.79. The fraction of sp³-hybridized carbons (Fsp3) is 0.333. The summed E-state index contributed by atoms with van der Waals surface area (Å²) in [6, 6.07) is 8.09. The Labute approximate surface area is 89.9 Å². The van der Waals surface area contributed by atoms with Gasteiger partial charge >= 0.3 is 0 Å². The highest BCUT2D eigenvalue weighted by molar-refractivity contribution is 7.98. The van der Waals surface area contributed by atoms with E-state index in [2.05, 4.69) is 24.3 Å². The van der Waals surface area contributed by atoms with Crippen LogP contribution in [0.4, 0.5) is 0 Å². The number of hydrogen-bond acceptors (Lipinski definition) is 2. The summed E-state index contributed by atoms with van der Waals surface area (Å²) in [4.78, 5) is 1.25. The van der Waals surface area contributed by atoms with E-state index in [9.17, 15) is 0 Å². The number of rotatable bonds is 5. The average Bonchev–Trinajstić information content (AvgIpc) is 2.25. The molecule has 74 valence electrons. The predicted molar refractivity (Wildman–Crippen MR) is 61.8 cm³/mol. The van der Waals surface area contributed by atoms with Crippen molar-refractivity contribution in [3.8, 4) is 18.1 Å². The minimum atomic E-state index is 0.697. The van der Waals surface area contributed by atoms with E-state index < -0.39 is 0 Å². The smallest absolute Gasteiger partial charge is 0.119 e. The lowest BCUT2D eigenvalue weighted by molar-refractivity contribution is 0.313. The van der Waals surface area contributed by atoms with Crippen molar-refractivity contribution >= 4 is 11.8 Å². The molecule has 1 aromatic rings. The monoisotopic (exact) mass is 206 g/mol. The van der Waals surface area contributed by atoms with Crippen molar-refractivity contribution in [3.63, 3.8) is 0 Å². The molecule has 0 atom stereocenters. The van der Waals surface area contributed by atoms with Crippen molar-refractivity contribution in [2.45, 2.75) is 17.7 Å². The van der Waals surface area contributed by atoms with Crippen LogP contribution in [-0.4, -0.2) is 12.9 Å². The first-order valence-corrected chi connectivity index (χ1v) is 5.79. The first-order valence-electron chi connectivity index (χ1n) is 4.57. The first kappa shape index (κ1) is 11.0. The van der Waals surface area contributed by atoms with Gasteiger partial charge in [0.2, 0.25) is 0 Å². The minimum absolute atomic E-state index is 0.697. The Bertz CT molecular complexity index is 297. The van der Waals surface area contributed by atoms with E-state index in [-0.39, 0.29) is 0 Å². The maximum atomic E-state index is 5.50. The lowest BCUT2D eigenvalue weighted by atomic mass is 10.3. The topological polar surface area (TPSA) is 9.23 Å². The summed E-state index contributed by atoms with van der Waals surface area (Å²) in [5.74, 6) is 3.51. The molecule has 0 aliphatic heterocycles. The van der Waals surface area contributed by atoms with Gasteiger partial charge in [-0.1, -0.05) is 0 Å². The van der Waals surface area contributed by atoms with E-state index in [1.54, 1.807) is 11.8 Å².